The number of fused-ring (bicyclic) bond motifs is 4. The van der Waals surface area contributed by atoms with Gasteiger partial charge in [-0.15, -0.1) is 0 Å². The van der Waals surface area contributed by atoms with Crippen molar-refractivity contribution >= 4 is 27.9 Å². The van der Waals surface area contributed by atoms with Gasteiger partial charge in [0.15, 0.2) is 5.71 Å². The van der Waals surface area contributed by atoms with Crippen LogP contribution in [0.3, 0.4) is 0 Å². The van der Waals surface area contributed by atoms with Crippen molar-refractivity contribution in [2.75, 3.05) is 25.0 Å². The predicted molar refractivity (Wildman–Crippen MR) is 159 cm³/mol. The van der Waals surface area contributed by atoms with Gasteiger partial charge in [-0.25, -0.2) is 0 Å². The second kappa shape index (κ2) is 9.79. The highest BCUT2D eigenvalue weighted by Gasteiger charge is 2.43. The van der Waals surface area contributed by atoms with Gasteiger partial charge in [-0.3, -0.25) is 0 Å². The second-order valence-electron chi connectivity index (χ2n) is 11.3. The zero-order chi connectivity index (χ0) is 26.2. The van der Waals surface area contributed by atoms with Crippen molar-refractivity contribution in [2.24, 2.45) is 5.73 Å². The van der Waals surface area contributed by atoms with Crippen LogP contribution in [-0.4, -0.2) is 30.4 Å². The van der Waals surface area contributed by atoms with Gasteiger partial charge in [-0.1, -0.05) is 80.6 Å². The lowest BCUT2D eigenvalue weighted by Crippen LogP contribution is -2.27. The summed E-state index contributed by atoms with van der Waals surface area (Å²) >= 11 is 0. The summed E-state index contributed by atoms with van der Waals surface area (Å²) in [6, 6.07) is 22.0. The lowest BCUT2D eigenvalue weighted by molar-refractivity contribution is -0.401. The highest BCUT2D eigenvalue weighted by Crippen LogP contribution is 2.50. The molecule has 2 aliphatic heterocycles. The minimum absolute atomic E-state index is 0.00984. The molecule has 2 aliphatic rings. The average Bonchev–Trinajstić information content (AvgIpc) is 3.23. The molecule has 3 aromatic carbocycles. The van der Waals surface area contributed by atoms with Crippen molar-refractivity contribution < 1.29 is 4.58 Å². The van der Waals surface area contributed by atoms with Crippen molar-refractivity contribution in [1.82, 2.24) is 0 Å². The summed E-state index contributed by atoms with van der Waals surface area (Å²) in [4.78, 5) is 2.52. The van der Waals surface area contributed by atoms with Gasteiger partial charge in [0, 0.05) is 41.1 Å². The molecule has 37 heavy (non-hydrogen) atoms. The molecule has 190 valence electrons. The molecule has 3 aromatic rings. The van der Waals surface area contributed by atoms with Crippen LogP contribution in [0.1, 0.15) is 51.7 Å². The van der Waals surface area contributed by atoms with E-state index >= 15 is 0 Å². The number of benzene rings is 3. The van der Waals surface area contributed by atoms with Gasteiger partial charge in [-0.2, -0.15) is 4.58 Å². The minimum atomic E-state index is -0.0863. The molecule has 2 N–H and O–H groups in total. The fraction of sp³-hybridized carbons (Fsp3) is 0.324. The normalized spacial score (nSPS) is 19.1. The zero-order valence-electron chi connectivity index (χ0n) is 23.0. The van der Waals surface area contributed by atoms with Gasteiger partial charge in [0.2, 0.25) is 5.69 Å². The van der Waals surface area contributed by atoms with E-state index in [2.05, 4.69) is 135 Å². The summed E-state index contributed by atoms with van der Waals surface area (Å²) in [5.74, 6) is 0. The van der Waals surface area contributed by atoms with E-state index in [4.69, 9.17) is 5.73 Å². The van der Waals surface area contributed by atoms with Gasteiger partial charge >= 0.3 is 0 Å². The second-order valence-corrected chi connectivity index (χ2v) is 11.3. The standard InChI is InChI=1S/C34H40N3/c1-33(2)27-17-11-12-18-28(27)36(5)30(33)19-7-6-8-20-31-34(3,4)32-26-16-10-9-15-25(26)21-22-29(32)37(31)24-14-13-23-35/h6-12,15-22H,13-14,23-24,35H2,1-5H3/q+1. The van der Waals surface area contributed by atoms with Crippen molar-refractivity contribution in [2.45, 2.75) is 51.4 Å². The number of rotatable bonds is 7. The maximum Gasteiger partial charge on any atom is 0.209 e. The minimum Gasteiger partial charge on any atom is -0.344 e. The molecule has 0 saturated carbocycles. The van der Waals surface area contributed by atoms with Gasteiger partial charge in [0.25, 0.3) is 0 Å². The van der Waals surface area contributed by atoms with Crippen LogP contribution in [0.15, 0.2) is 96.7 Å². The highest BCUT2D eigenvalue weighted by molar-refractivity contribution is 6.03. The van der Waals surface area contributed by atoms with Crippen molar-refractivity contribution in [3.8, 4) is 0 Å². The van der Waals surface area contributed by atoms with Crippen LogP contribution in [-0.2, 0) is 10.8 Å². The number of unbranched alkanes of at least 4 members (excludes halogenated alkanes) is 1. The molecule has 0 aromatic heterocycles. The third-order valence-corrected chi connectivity index (χ3v) is 8.26. The molecule has 0 aliphatic carbocycles. The maximum atomic E-state index is 5.83. The fourth-order valence-electron chi connectivity index (χ4n) is 6.35. The van der Waals surface area contributed by atoms with E-state index < -0.39 is 0 Å². The molecule has 0 saturated heterocycles. The number of anilines is 1. The van der Waals surface area contributed by atoms with Crippen LogP contribution < -0.4 is 10.6 Å². The molecular formula is C34H40N3+. The van der Waals surface area contributed by atoms with Gasteiger partial charge in [-0.05, 0) is 61.7 Å². The molecule has 2 heterocycles. The van der Waals surface area contributed by atoms with Crippen LogP contribution >= 0.6 is 0 Å². The summed E-state index contributed by atoms with van der Waals surface area (Å²) in [6.07, 6.45) is 13.2. The Balaban J connectivity index is 1.46. The number of hydrogen-bond acceptors (Lipinski definition) is 2. The van der Waals surface area contributed by atoms with E-state index in [9.17, 15) is 0 Å². The average molecular weight is 491 g/mol. The monoisotopic (exact) mass is 490 g/mol. The van der Waals surface area contributed by atoms with Crippen LogP contribution in [0.25, 0.3) is 10.8 Å². The zero-order valence-corrected chi connectivity index (χ0v) is 23.0. The third kappa shape index (κ3) is 4.26. The Morgan fingerprint density at radius 2 is 1.59 bits per heavy atom. The lowest BCUT2D eigenvalue weighted by atomic mass is 9.81. The molecular weight excluding hydrogens is 450 g/mol. The quantitative estimate of drug-likeness (QED) is 0.213. The molecule has 3 heteroatoms. The molecule has 0 radical (unpaired) electrons. The Hall–Kier alpha value is -3.43. The molecule has 0 spiro atoms. The Bertz CT molecular complexity index is 1450. The Morgan fingerprint density at radius 1 is 0.838 bits per heavy atom. The van der Waals surface area contributed by atoms with Crippen molar-refractivity contribution in [3.05, 3.63) is 108 Å². The van der Waals surface area contributed by atoms with E-state index in [1.54, 1.807) is 0 Å². The molecule has 3 nitrogen and oxygen atoms in total. The Kier molecular flexibility index (Phi) is 6.68. The largest absolute Gasteiger partial charge is 0.344 e. The van der Waals surface area contributed by atoms with E-state index in [1.807, 2.05) is 0 Å². The summed E-state index contributed by atoms with van der Waals surface area (Å²) in [5, 5.41) is 2.65. The lowest BCUT2D eigenvalue weighted by Gasteiger charge is -2.27. The summed E-state index contributed by atoms with van der Waals surface area (Å²) in [6.45, 7) is 11.1. The molecule has 0 fully saturated rings. The number of allylic oxidation sites excluding steroid dienone is 6. The molecule has 0 atom stereocenters. The van der Waals surface area contributed by atoms with Crippen LogP contribution in [0.4, 0.5) is 11.4 Å². The maximum absolute atomic E-state index is 5.83. The predicted octanol–water partition coefficient (Wildman–Crippen LogP) is 7.38. The number of nitrogens with two attached hydrogens (primary N) is 1. The first-order chi connectivity index (χ1) is 17.8. The van der Waals surface area contributed by atoms with Crippen LogP contribution in [0, 0.1) is 0 Å². The summed E-state index contributed by atoms with van der Waals surface area (Å²) in [7, 11) is 2.17. The summed E-state index contributed by atoms with van der Waals surface area (Å²) in [5.41, 5.74) is 13.8. The van der Waals surface area contributed by atoms with E-state index in [0.717, 1.165) is 25.9 Å². The molecule has 0 unspecified atom stereocenters. The van der Waals surface area contributed by atoms with Crippen molar-refractivity contribution in [3.63, 3.8) is 0 Å². The van der Waals surface area contributed by atoms with E-state index in [0.29, 0.717) is 0 Å². The first-order valence-corrected chi connectivity index (χ1v) is 13.5. The SMILES string of the molecule is C[N+]1=C(/C=C/C=C/C=C2/N(CCCCN)c3ccc4ccccc4c3C2(C)C)C(C)(C)c2ccccc21. The first-order valence-electron chi connectivity index (χ1n) is 13.5. The molecule has 0 bridgehead atoms. The van der Waals surface area contributed by atoms with Gasteiger partial charge < -0.3 is 10.6 Å². The van der Waals surface area contributed by atoms with E-state index in [1.165, 1.54) is 44.7 Å². The van der Waals surface area contributed by atoms with Crippen LogP contribution in [0.2, 0.25) is 0 Å². The van der Waals surface area contributed by atoms with Crippen LogP contribution in [0.5, 0.6) is 0 Å². The number of para-hydroxylation sites is 1. The van der Waals surface area contributed by atoms with Gasteiger partial charge in [0.1, 0.15) is 7.05 Å². The topological polar surface area (TPSA) is 32.3 Å². The number of hydrogen-bond donors (Lipinski definition) is 1. The number of nitrogens with zero attached hydrogens (tertiary/aromatic N) is 2. The first kappa shape index (κ1) is 25.2. The van der Waals surface area contributed by atoms with E-state index in [-0.39, 0.29) is 10.8 Å². The Labute approximate surface area is 222 Å². The molecule has 0 amide bonds. The highest BCUT2D eigenvalue weighted by atomic mass is 15.2. The van der Waals surface area contributed by atoms with Gasteiger partial charge in [0.05, 0.1) is 5.41 Å². The summed E-state index contributed by atoms with van der Waals surface area (Å²) < 4.78 is 2.32. The smallest absolute Gasteiger partial charge is 0.209 e. The molecule has 5 rings (SSSR count). The fourth-order valence-corrected chi connectivity index (χ4v) is 6.35. The van der Waals surface area contributed by atoms with Crippen molar-refractivity contribution in [1.29, 1.82) is 0 Å². The Morgan fingerprint density at radius 3 is 2.38 bits per heavy atom. The third-order valence-electron chi connectivity index (χ3n) is 8.26.